The number of hydrogen-bond acceptors (Lipinski definition) is 4. The zero-order valence-electron chi connectivity index (χ0n) is 10.1. The fourth-order valence-electron chi connectivity index (χ4n) is 1.69. The molecule has 5 heteroatoms. The molecular weight excluding hydrogens is 234 g/mol. The molecule has 1 unspecified atom stereocenters. The van der Waals surface area contributed by atoms with Crippen LogP contribution in [-0.4, -0.2) is 29.8 Å². The molecule has 0 fully saturated rings. The summed E-state index contributed by atoms with van der Waals surface area (Å²) in [6, 6.07) is 4.53. The lowest BCUT2D eigenvalue weighted by Gasteiger charge is -2.15. The maximum absolute atomic E-state index is 5.02. The van der Waals surface area contributed by atoms with Gasteiger partial charge in [-0.3, -0.25) is 0 Å². The lowest BCUT2D eigenvalue weighted by Crippen LogP contribution is -2.14. The first-order valence-corrected chi connectivity index (χ1v) is 6.50. The number of nitrogens with one attached hydrogen (secondary N) is 1. The maximum atomic E-state index is 5.02. The second kappa shape index (κ2) is 5.84. The highest BCUT2D eigenvalue weighted by molar-refractivity contribution is 7.10. The predicted octanol–water partition coefficient (Wildman–Crippen LogP) is 2.61. The Morgan fingerprint density at radius 1 is 1.59 bits per heavy atom. The molecule has 2 rings (SSSR count). The van der Waals surface area contributed by atoms with Gasteiger partial charge in [-0.2, -0.15) is 0 Å². The van der Waals surface area contributed by atoms with Gasteiger partial charge in [-0.25, -0.2) is 4.98 Å². The number of nitrogens with zero attached hydrogens (tertiary/aromatic N) is 2. The Balaban J connectivity index is 2.08. The zero-order valence-corrected chi connectivity index (χ0v) is 10.9. The van der Waals surface area contributed by atoms with Gasteiger partial charge in [-0.1, -0.05) is 6.07 Å². The molecule has 0 aliphatic heterocycles. The molecule has 0 bridgehead atoms. The molecule has 0 aromatic carbocycles. The molecule has 2 aromatic rings. The molecule has 2 aromatic heterocycles. The number of ether oxygens (including phenoxy) is 1. The number of thiophene rings is 1. The summed E-state index contributed by atoms with van der Waals surface area (Å²) in [5.74, 6) is 0.892. The van der Waals surface area contributed by atoms with E-state index in [1.165, 1.54) is 4.88 Å². The minimum atomic E-state index is 0.308. The van der Waals surface area contributed by atoms with Gasteiger partial charge < -0.3 is 14.6 Å². The minimum absolute atomic E-state index is 0.308. The van der Waals surface area contributed by atoms with Crippen LogP contribution >= 0.6 is 11.3 Å². The normalized spacial score (nSPS) is 12.6. The minimum Gasteiger partial charge on any atom is -0.383 e. The average Bonchev–Trinajstić information content (AvgIpc) is 3.00. The standard InChI is InChI=1S/C12H17N3OS/c1-10(11-4-3-9-17-11)15-7-5-13-12(15)14-6-8-16-2/h3-5,7,9-10H,6,8H2,1-2H3,(H,13,14). The fraction of sp³-hybridized carbons (Fsp3) is 0.417. The summed E-state index contributed by atoms with van der Waals surface area (Å²) in [7, 11) is 1.70. The monoisotopic (exact) mass is 251 g/mol. The van der Waals surface area contributed by atoms with Crippen molar-refractivity contribution in [1.82, 2.24) is 9.55 Å². The smallest absolute Gasteiger partial charge is 0.203 e. The summed E-state index contributed by atoms with van der Waals surface area (Å²) in [6.45, 7) is 3.62. The van der Waals surface area contributed by atoms with E-state index in [0.717, 1.165) is 12.5 Å². The van der Waals surface area contributed by atoms with Gasteiger partial charge in [0.05, 0.1) is 12.6 Å². The van der Waals surface area contributed by atoms with E-state index < -0.39 is 0 Å². The summed E-state index contributed by atoms with van der Waals surface area (Å²) in [4.78, 5) is 5.65. The Bertz CT molecular complexity index is 438. The highest BCUT2D eigenvalue weighted by Crippen LogP contribution is 2.25. The van der Waals surface area contributed by atoms with Crippen LogP contribution in [0.3, 0.4) is 0 Å². The summed E-state index contributed by atoms with van der Waals surface area (Å²) >= 11 is 1.77. The molecule has 17 heavy (non-hydrogen) atoms. The van der Waals surface area contributed by atoms with Crippen molar-refractivity contribution >= 4 is 17.3 Å². The molecule has 0 amide bonds. The van der Waals surface area contributed by atoms with Gasteiger partial charge in [0.15, 0.2) is 0 Å². The van der Waals surface area contributed by atoms with Crippen LogP contribution in [0.15, 0.2) is 29.9 Å². The fourth-order valence-corrected chi connectivity index (χ4v) is 2.48. The van der Waals surface area contributed by atoms with E-state index in [-0.39, 0.29) is 0 Å². The summed E-state index contributed by atoms with van der Waals surface area (Å²) in [6.07, 6.45) is 3.82. The van der Waals surface area contributed by atoms with Crippen molar-refractivity contribution in [2.24, 2.45) is 0 Å². The van der Waals surface area contributed by atoms with Crippen LogP contribution < -0.4 is 5.32 Å². The highest BCUT2D eigenvalue weighted by atomic mass is 32.1. The predicted molar refractivity (Wildman–Crippen MR) is 70.7 cm³/mol. The van der Waals surface area contributed by atoms with Crippen LogP contribution in [0.2, 0.25) is 0 Å². The van der Waals surface area contributed by atoms with E-state index in [1.807, 2.05) is 12.4 Å². The van der Waals surface area contributed by atoms with Crippen LogP contribution in [0.4, 0.5) is 5.95 Å². The number of rotatable bonds is 6. The molecule has 2 heterocycles. The number of aromatic nitrogens is 2. The van der Waals surface area contributed by atoms with Crippen LogP contribution in [0.1, 0.15) is 17.8 Å². The average molecular weight is 251 g/mol. The Labute approximate surface area is 105 Å². The SMILES string of the molecule is COCCNc1nccn1C(C)c1cccs1. The van der Waals surface area contributed by atoms with E-state index in [9.17, 15) is 0 Å². The molecule has 1 atom stereocenters. The third-order valence-corrected chi connectivity index (χ3v) is 3.67. The van der Waals surface area contributed by atoms with Crippen LogP contribution in [0, 0.1) is 0 Å². The molecule has 0 saturated heterocycles. The molecule has 4 nitrogen and oxygen atoms in total. The first kappa shape index (κ1) is 12.1. The molecule has 0 spiro atoms. The van der Waals surface area contributed by atoms with Crippen LogP contribution in [0.5, 0.6) is 0 Å². The van der Waals surface area contributed by atoms with Crippen molar-refractivity contribution in [2.45, 2.75) is 13.0 Å². The van der Waals surface area contributed by atoms with Gasteiger partial charge >= 0.3 is 0 Å². The van der Waals surface area contributed by atoms with E-state index >= 15 is 0 Å². The molecule has 0 saturated carbocycles. The van der Waals surface area contributed by atoms with E-state index in [0.29, 0.717) is 12.6 Å². The molecule has 0 radical (unpaired) electrons. The topological polar surface area (TPSA) is 39.1 Å². The Morgan fingerprint density at radius 3 is 3.18 bits per heavy atom. The Morgan fingerprint density at radius 2 is 2.47 bits per heavy atom. The summed E-state index contributed by atoms with van der Waals surface area (Å²) in [5, 5.41) is 5.37. The van der Waals surface area contributed by atoms with Crippen molar-refractivity contribution in [1.29, 1.82) is 0 Å². The molecular formula is C12H17N3OS. The van der Waals surface area contributed by atoms with Gasteiger partial charge in [0.25, 0.3) is 0 Å². The number of imidazole rings is 1. The molecule has 0 aliphatic carbocycles. The summed E-state index contributed by atoms with van der Waals surface area (Å²) < 4.78 is 7.16. The summed E-state index contributed by atoms with van der Waals surface area (Å²) in [5.41, 5.74) is 0. The third kappa shape index (κ3) is 2.87. The maximum Gasteiger partial charge on any atom is 0.203 e. The van der Waals surface area contributed by atoms with Gasteiger partial charge in [0.2, 0.25) is 5.95 Å². The largest absolute Gasteiger partial charge is 0.383 e. The zero-order chi connectivity index (χ0) is 12.1. The quantitative estimate of drug-likeness (QED) is 0.802. The van der Waals surface area contributed by atoms with Crippen LogP contribution in [0.25, 0.3) is 0 Å². The van der Waals surface area contributed by atoms with Crippen molar-refractivity contribution in [3.8, 4) is 0 Å². The molecule has 1 N–H and O–H groups in total. The van der Waals surface area contributed by atoms with Gasteiger partial charge in [-0.15, -0.1) is 11.3 Å². The van der Waals surface area contributed by atoms with Gasteiger partial charge in [0.1, 0.15) is 0 Å². The first-order chi connectivity index (χ1) is 8.33. The van der Waals surface area contributed by atoms with E-state index in [2.05, 4.69) is 39.3 Å². The van der Waals surface area contributed by atoms with Crippen molar-refractivity contribution in [2.75, 3.05) is 25.6 Å². The van der Waals surface area contributed by atoms with Crippen molar-refractivity contribution < 1.29 is 4.74 Å². The Hall–Kier alpha value is -1.33. The first-order valence-electron chi connectivity index (χ1n) is 5.62. The second-order valence-corrected chi connectivity index (χ2v) is 4.75. The van der Waals surface area contributed by atoms with Crippen molar-refractivity contribution in [3.05, 3.63) is 34.8 Å². The molecule has 92 valence electrons. The van der Waals surface area contributed by atoms with E-state index in [1.54, 1.807) is 18.4 Å². The third-order valence-electron chi connectivity index (χ3n) is 2.63. The number of hydrogen-bond donors (Lipinski definition) is 1. The van der Waals surface area contributed by atoms with Gasteiger partial charge in [-0.05, 0) is 18.4 Å². The number of methoxy groups -OCH3 is 1. The lowest BCUT2D eigenvalue weighted by atomic mass is 10.3. The van der Waals surface area contributed by atoms with Crippen LogP contribution in [-0.2, 0) is 4.74 Å². The van der Waals surface area contributed by atoms with Gasteiger partial charge in [0, 0.05) is 30.9 Å². The Kier molecular flexibility index (Phi) is 4.17. The lowest BCUT2D eigenvalue weighted by molar-refractivity contribution is 0.210. The second-order valence-electron chi connectivity index (χ2n) is 3.77. The molecule has 0 aliphatic rings. The number of anilines is 1. The van der Waals surface area contributed by atoms with E-state index in [4.69, 9.17) is 4.74 Å². The van der Waals surface area contributed by atoms with Crippen molar-refractivity contribution in [3.63, 3.8) is 0 Å². The highest BCUT2D eigenvalue weighted by Gasteiger charge is 2.12.